The summed E-state index contributed by atoms with van der Waals surface area (Å²) in [5.74, 6) is 2.16. The molecule has 3 aromatic carbocycles. The number of nitro benzene ring substituents is 1. The van der Waals surface area contributed by atoms with E-state index in [9.17, 15) is 10.1 Å². The van der Waals surface area contributed by atoms with Crippen molar-refractivity contribution in [3.05, 3.63) is 100 Å². The second kappa shape index (κ2) is 12.3. The molecule has 0 bridgehead atoms. The van der Waals surface area contributed by atoms with Gasteiger partial charge in [0.25, 0.3) is 5.69 Å². The number of benzene rings is 3. The van der Waals surface area contributed by atoms with Crippen molar-refractivity contribution in [2.24, 2.45) is 0 Å². The minimum atomic E-state index is -0.417. The molecular formula is C27H30N2O5. The van der Waals surface area contributed by atoms with Gasteiger partial charge in [-0.05, 0) is 79.9 Å². The summed E-state index contributed by atoms with van der Waals surface area (Å²) in [4.78, 5) is 10.5. The first-order chi connectivity index (χ1) is 16.5. The normalized spacial score (nSPS) is 10.4. The van der Waals surface area contributed by atoms with Gasteiger partial charge in [0.2, 0.25) is 0 Å². The fraction of sp³-hybridized carbons (Fsp3) is 0.259. The summed E-state index contributed by atoms with van der Waals surface area (Å²) in [7, 11) is 0. The molecule has 0 aliphatic carbocycles. The van der Waals surface area contributed by atoms with Crippen molar-refractivity contribution in [3.63, 3.8) is 0 Å². The number of nitro groups is 1. The van der Waals surface area contributed by atoms with Crippen LogP contribution in [0.5, 0.6) is 17.2 Å². The SMILES string of the molecule is C=CCc1cc(CNc2ccc(OCC)cc2)cc(OCC)c1OCc1ccc([N+](=O)[O-])cc1. The molecule has 0 amide bonds. The van der Waals surface area contributed by atoms with Crippen LogP contribution in [0.4, 0.5) is 11.4 Å². The van der Waals surface area contributed by atoms with Gasteiger partial charge in [-0.15, -0.1) is 6.58 Å². The predicted octanol–water partition coefficient (Wildman–Crippen LogP) is 6.31. The van der Waals surface area contributed by atoms with E-state index in [4.69, 9.17) is 14.2 Å². The number of allylic oxidation sites excluding steroid dienone is 1. The highest BCUT2D eigenvalue weighted by Crippen LogP contribution is 2.35. The molecule has 7 heteroatoms. The zero-order chi connectivity index (χ0) is 24.3. The third-order valence-corrected chi connectivity index (χ3v) is 5.05. The van der Waals surface area contributed by atoms with E-state index in [1.807, 2.05) is 50.3 Å². The highest BCUT2D eigenvalue weighted by atomic mass is 16.6. The Labute approximate surface area is 200 Å². The van der Waals surface area contributed by atoms with Crippen LogP contribution in [0.1, 0.15) is 30.5 Å². The standard InChI is InChI=1S/C27H30N2O5/c1-4-7-22-16-21(18-28-23-10-14-25(15-11-23)32-5-2)17-26(33-6-3)27(22)34-19-20-8-12-24(13-9-20)29(30)31/h4,8-17,28H,1,5-7,18-19H2,2-3H3. The highest BCUT2D eigenvalue weighted by Gasteiger charge is 2.14. The van der Waals surface area contributed by atoms with Crippen LogP contribution in [0.15, 0.2) is 73.3 Å². The van der Waals surface area contributed by atoms with Crippen LogP contribution in [0.3, 0.4) is 0 Å². The topological polar surface area (TPSA) is 82.9 Å². The number of nitrogens with one attached hydrogen (secondary N) is 1. The van der Waals surface area contributed by atoms with Crippen molar-refractivity contribution in [2.75, 3.05) is 18.5 Å². The van der Waals surface area contributed by atoms with Gasteiger partial charge >= 0.3 is 0 Å². The maximum absolute atomic E-state index is 10.9. The molecule has 3 rings (SSSR count). The lowest BCUT2D eigenvalue weighted by atomic mass is 10.0. The van der Waals surface area contributed by atoms with Gasteiger partial charge in [0, 0.05) is 29.9 Å². The van der Waals surface area contributed by atoms with E-state index in [0.717, 1.165) is 28.1 Å². The summed E-state index contributed by atoms with van der Waals surface area (Å²) in [6.45, 7) is 9.78. The third-order valence-electron chi connectivity index (χ3n) is 5.05. The summed E-state index contributed by atoms with van der Waals surface area (Å²) in [6, 6.07) is 18.2. The van der Waals surface area contributed by atoms with Gasteiger partial charge in [-0.2, -0.15) is 0 Å². The van der Waals surface area contributed by atoms with E-state index in [1.165, 1.54) is 12.1 Å². The number of anilines is 1. The van der Waals surface area contributed by atoms with Gasteiger partial charge in [-0.1, -0.05) is 6.08 Å². The molecule has 0 saturated heterocycles. The van der Waals surface area contributed by atoms with Gasteiger partial charge in [-0.25, -0.2) is 0 Å². The molecule has 0 fully saturated rings. The van der Waals surface area contributed by atoms with Crippen molar-refractivity contribution >= 4 is 11.4 Å². The Morgan fingerprint density at radius 2 is 1.65 bits per heavy atom. The van der Waals surface area contributed by atoms with Gasteiger partial charge < -0.3 is 19.5 Å². The van der Waals surface area contributed by atoms with Gasteiger partial charge in [-0.3, -0.25) is 10.1 Å². The predicted molar refractivity (Wildman–Crippen MR) is 134 cm³/mol. The number of hydrogen-bond acceptors (Lipinski definition) is 6. The summed E-state index contributed by atoms with van der Waals surface area (Å²) in [5.41, 5.74) is 3.89. The number of non-ortho nitro benzene ring substituents is 1. The van der Waals surface area contributed by atoms with Crippen molar-refractivity contribution in [1.29, 1.82) is 0 Å². The molecule has 0 atom stereocenters. The van der Waals surface area contributed by atoms with Crippen molar-refractivity contribution in [2.45, 2.75) is 33.4 Å². The minimum absolute atomic E-state index is 0.0514. The van der Waals surface area contributed by atoms with E-state index in [1.54, 1.807) is 12.1 Å². The first-order valence-corrected chi connectivity index (χ1v) is 11.3. The van der Waals surface area contributed by atoms with Crippen LogP contribution in [-0.4, -0.2) is 18.1 Å². The van der Waals surface area contributed by atoms with E-state index in [2.05, 4.69) is 18.0 Å². The molecule has 0 unspecified atom stereocenters. The molecule has 0 aliphatic rings. The molecule has 0 radical (unpaired) electrons. The number of hydrogen-bond donors (Lipinski definition) is 1. The van der Waals surface area contributed by atoms with E-state index < -0.39 is 4.92 Å². The summed E-state index contributed by atoms with van der Waals surface area (Å²) in [5, 5.41) is 14.3. The first kappa shape index (κ1) is 24.6. The molecule has 0 aliphatic heterocycles. The van der Waals surface area contributed by atoms with Crippen LogP contribution in [0, 0.1) is 10.1 Å². The van der Waals surface area contributed by atoms with Crippen molar-refractivity contribution < 1.29 is 19.1 Å². The van der Waals surface area contributed by atoms with E-state index >= 15 is 0 Å². The summed E-state index contributed by atoms with van der Waals surface area (Å²) < 4.78 is 17.5. The van der Waals surface area contributed by atoms with Gasteiger partial charge in [0.05, 0.1) is 18.1 Å². The fourth-order valence-corrected chi connectivity index (χ4v) is 3.47. The first-order valence-electron chi connectivity index (χ1n) is 11.3. The lowest BCUT2D eigenvalue weighted by molar-refractivity contribution is -0.384. The van der Waals surface area contributed by atoms with E-state index in [-0.39, 0.29) is 12.3 Å². The Hall–Kier alpha value is -4.00. The second-order valence-electron chi connectivity index (χ2n) is 7.53. The Kier molecular flexibility index (Phi) is 8.91. The minimum Gasteiger partial charge on any atom is -0.494 e. The Morgan fingerprint density at radius 3 is 2.26 bits per heavy atom. The molecule has 178 valence electrons. The second-order valence-corrected chi connectivity index (χ2v) is 7.53. The molecule has 3 aromatic rings. The average molecular weight is 463 g/mol. The molecule has 0 spiro atoms. The van der Waals surface area contributed by atoms with Crippen LogP contribution >= 0.6 is 0 Å². The van der Waals surface area contributed by atoms with Gasteiger partial charge in [0.1, 0.15) is 12.4 Å². The Morgan fingerprint density at radius 1 is 0.941 bits per heavy atom. The van der Waals surface area contributed by atoms with Gasteiger partial charge in [0.15, 0.2) is 11.5 Å². The summed E-state index contributed by atoms with van der Waals surface area (Å²) in [6.07, 6.45) is 2.44. The molecule has 0 aromatic heterocycles. The average Bonchev–Trinajstić information content (AvgIpc) is 2.84. The van der Waals surface area contributed by atoms with Crippen LogP contribution in [-0.2, 0) is 19.6 Å². The molecule has 34 heavy (non-hydrogen) atoms. The van der Waals surface area contributed by atoms with Crippen LogP contribution in [0.2, 0.25) is 0 Å². The molecular weight excluding hydrogens is 432 g/mol. The number of ether oxygens (including phenoxy) is 3. The van der Waals surface area contributed by atoms with Crippen molar-refractivity contribution in [3.8, 4) is 17.2 Å². The van der Waals surface area contributed by atoms with Crippen LogP contribution in [0.25, 0.3) is 0 Å². The quantitative estimate of drug-likeness (QED) is 0.182. The molecule has 0 saturated carbocycles. The maximum Gasteiger partial charge on any atom is 0.269 e. The lowest BCUT2D eigenvalue weighted by Crippen LogP contribution is -2.06. The maximum atomic E-state index is 10.9. The monoisotopic (exact) mass is 462 g/mol. The number of rotatable bonds is 13. The highest BCUT2D eigenvalue weighted by molar-refractivity contribution is 5.52. The smallest absolute Gasteiger partial charge is 0.269 e. The van der Waals surface area contributed by atoms with Crippen LogP contribution < -0.4 is 19.5 Å². The Bertz CT molecular complexity index is 1100. The fourth-order valence-electron chi connectivity index (χ4n) is 3.47. The molecule has 0 heterocycles. The number of nitrogens with zero attached hydrogens (tertiary/aromatic N) is 1. The zero-order valence-electron chi connectivity index (χ0n) is 19.6. The van der Waals surface area contributed by atoms with Crippen molar-refractivity contribution in [1.82, 2.24) is 0 Å². The molecule has 1 N–H and O–H groups in total. The zero-order valence-corrected chi connectivity index (χ0v) is 19.6. The lowest BCUT2D eigenvalue weighted by Gasteiger charge is -2.18. The molecule has 7 nitrogen and oxygen atoms in total. The largest absolute Gasteiger partial charge is 0.494 e. The Balaban J connectivity index is 1.77. The van der Waals surface area contributed by atoms with E-state index in [0.29, 0.717) is 37.7 Å². The summed E-state index contributed by atoms with van der Waals surface area (Å²) >= 11 is 0. The third kappa shape index (κ3) is 6.75.